The standard InChI is InChI=1S/C15H22N4O3S/c1-11-3-2-5-19(9-11)14-8-16-13(7-17-14)15(20)18-12-4-6-23(21,22)10-12/h7-8,11-12H,2-6,9-10H2,1H3,(H,18,20). The maximum Gasteiger partial charge on any atom is 0.271 e. The van der Waals surface area contributed by atoms with E-state index in [-0.39, 0.29) is 29.1 Å². The monoisotopic (exact) mass is 338 g/mol. The molecule has 0 bridgehead atoms. The molecule has 0 radical (unpaired) electrons. The van der Waals surface area contributed by atoms with E-state index < -0.39 is 9.84 Å². The summed E-state index contributed by atoms with van der Waals surface area (Å²) in [5.41, 5.74) is 0.225. The minimum atomic E-state index is -3.01. The van der Waals surface area contributed by atoms with Crippen LogP contribution in [0.5, 0.6) is 0 Å². The van der Waals surface area contributed by atoms with Crippen LogP contribution in [0, 0.1) is 5.92 Å². The predicted octanol–water partition coefficient (Wildman–Crippen LogP) is 0.630. The zero-order chi connectivity index (χ0) is 16.4. The van der Waals surface area contributed by atoms with Gasteiger partial charge in [0.25, 0.3) is 5.91 Å². The lowest BCUT2D eigenvalue weighted by Crippen LogP contribution is -2.37. The van der Waals surface area contributed by atoms with Crippen molar-refractivity contribution >= 4 is 21.6 Å². The summed E-state index contributed by atoms with van der Waals surface area (Å²) in [6.45, 7) is 4.14. The zero-order valence-electron chi connectivity index (χ0n) is 13.2. The van der Waals surface area contributed by atoms with E-state index in [0.29, 0.717) is 12.3 Å². The molecule has 2 saturated heterocycles. The van der Waals surface area contributed by atoms with Gasteiger partial charge < -0.3 is 10.2 Å². The summed E-state index contributed by atoms with van der Waals surface area (Å²) < 4.78 is 22.8. The number of nitrogens with one attached hydrogen (secondary N) is 1. The van der Waals surface area contributed by atoms with Gasteiger partial charge in [-0.2, -0.15) is 0 Å². The third kappa shape index (κ3) is 3.99. The van der Waals surface area contributed by atoms with Gasteiger partial charge in [0.2, 0.25) is 0 Å². The van der Waals surface area contributed by atoms with Crippen LogP contribution in [0.3, 0.4) is 0 Å². The lowest BCUT2D eigenvalue weighted by Gasteiger charge is -2.31. The van der Waals surface area contributed by atoms with Gasteiger partial charge in [0.1, 0.15) is 11.5 Å². The highest BCUT2D eigenvalue weighted by Gasteiger charge is 2.29. The Morgan fingerprint density at radius 2 is 2.13 bits per heavy atom. The van der Waals surface area contributed by atoms with E-state index in [0.717, 1.165) is 25.3 Å². The fraction of sp³-hybridized carbons (Fsp3) is 0.667. The number of hydrogen-bond donors (Lipinski definition) is 1. The molecule has 2 aliphatic heterocycles. The average Bonchev–Trinajstić information content (AvgIpc) is 2.86. The number of hydrogen-bond acceptors (Lipinski definition) is 6. The van der Waals surface area contributed by atoms with Gasteiger partial charge in [-0.05, 0) is 25.2 Å². The van der Waals surface area contributed by atoms with Crippen molar-refractivity contribution in [1.82, 2.24) is 15.3 Å². The number of aromatic nitrogens is 2. The van der Waals surface area contributed by atoms with Crippen molar-refractivity contribution in [2.45, 2.75) is 32.2 Å². The van der Waals surface area contributed by atoms with E-state index in [1.54, 1.807) is 6.20 Å². The van der Waals surface area contributed by atoms with Gasteiger partial charge >= 0.3 is 0 Å². The quantitative estimate of drug-likeness (QED) is 0.869. The van der Waals surface area contributed by atoms with Crippen LogP contribution >= 0.6 is 0 Å². The third-order valence-electron chi connectivity index (χ3n) is 4.42. The Balaban J connectivity index is 1.61. The molecule has 0 aromatic carbocycles. The fourth-order valence-electron chi connectivity index (χ4n) is 3.17. The molecule has 2 atom stereocenters. The highest BCUT2D eigenvalue weighted by atomic mass is 32.2. The first-order valence-electron chi connectivity index (χ1n) is 8.01. The zero-order valence-corrected chi connectivity index (χ0v) is 14.1. The summed E-state index contributed by atoms with van der Waals surface area (Å²) in [6.07, 6.45) is 5.92. The smallest absolute Gasteiger partial charge is 0.271 e. The van der Waals surface area contributed by atoms with E-state index >= 15 is 0 Å². The summed E-state index contributed by atoms with van der Waals surface area (Å²) in [7, 11) is -3.01. The van der Waals surface area contributed by atoms with Gasteiger partial charge in [0.05, 0.1) is 23.9 Å². The molecule has 1 aromatic rings. The van der Waals surface area contributed by atoms with Gasteiger partial charge in [0.15, 0.2) is 9.84 Å². The van der Waals surface area contributed by atoms with Crippen molar-refractivity contribution in [2.24, 2.45) is 5.92 Å². The second kappa shape index (κ2) is 6.43. The predicted molar refractivity (Wildman–Crippen MR) is 87.2 cm³/mol. The number of rotatable bonds is 3. The van der Waals surface area contributed by atoms with Gasteiger partial charge in [-0.3, -0.25) is 4.79 Å². The molecule has 126 valence electrons. The first-order chi connectivity index (χ1) is 10.9. The Bertz CT molecular complexity index is 674. The van der Waals surface area contributed by atoms with Crippen LogP contribution in [0.1, 0.15) is 36.7 Å². The molecular formula is C15H22N4O3S. The molecule has 1 N–H and O–H groups in total. The first kappa shape index (κ1) is 16.2. The Kier molecular flexibility index (Phi) is 4.52. The molecule has 0 spiro atoms. The Hall–Kier alpha value is -1.70. The summed E-state index contributed by atoms with van der Waals surface area (Å²) in [6, 6.07) is -0.322. The van der Waals surface area contributed by atoms with Crippen molar-refractivity contribution in [3.63, 3.8) is 0 Å². The molecule has 7 nitrogen and oxygen atoms in total. The molecule has 2 aliphatic rings. The van der Waals surface area contributed by atoms with Gasteiger partial charge in [0, 0.05) is 19.1 Å². The van der Waals surface area contributed by atoms with Crippen LogP contribution in [-0.2, 0) is 9.84 Å². The van der Waals surface area contributed by atoms with Crippen LogP contribution < -0.4 is 10.2 Å². The van der Waals surface area contributed by atoms with Gasteiger partial charge in [-0.25, -0.2) is 18.4 Å². The number of piperidine rings is 1. The summed E-state index contributed by atoms with van der Waals surface area (Å²) in [5.74, 6) is 1.21. The molecular weight excluding hydrogens is 316 g/mol. The van der Waals surface area contributed by atoms with Crippen LogP contribution in [-0.4, -0.2) is 54.9 Å². The van der Waals surface area contributed by atoms with Crippen LogP contribution in [0.2, 0.25) is 0 Å². The Morgan fingerprint density at radius 3 is 2.74 bits per heavy atom. The molecule has 1 aromatic heterocycles. The van der Waals surface area contributed by atoms with Gasteiger partial charge in [-0.1, -0.05) is 6.92 Å². The lowest BCUT2D eigenvalue weighted by molar-refractivity contribution is 0.0935. The number of anilines is 1. The second-order valence-corrected chi connectivity index (χ2v) is 8.76. The molecule has 1 amide bonds. The minimum Gasteiger partial charge on any atom is -0.355 e. The number of nitrogens with zero attached hydrogens (tertiary/aromatic N) is 3. The lowest BCUT2D eigenvalue weighted by atomic mass is 10.0. The topological polar surface area (TPSA) is 92.3 Å². The van der Waals surface area contributed by atoms with Crippen molar-refractivity contribution in [2.75, 3.05) is 29.5 Å². The largest absolute Gasteiger partial charge is 0.355 e. The number of carbonyl (C=O) groups is 1. The van der Waals surface area contributed by atoms with Crippen LogP contribution in [0.4, 0.5) is 5.82 Å². The van der Waals surface area contributed by atoms with E-state index in [1.165, 1.54) is 12.6 Å². The Morgan fingerprint density at radius 1 is 1.30 bits per heavy atom. The third-order valence-corrected chi connectivity index (χ3v) is 6.19. The average molecular weight is 338 g/mol. The van der Waals surface area contributed by atoms with Crippen molar-refractivity contribution in [3.05, 3.63) is 18.1 Å². The molecule has 8 heteroatoms. The van der Waals surface area contributed by atoms with Crippen molar-refractivity contribution in [1.29, 1.82) is 0 Å². The van der Waals surface area contributed by atoms with Gasteiger partial charge in [-0.15, -0.1) is 0 Å². The SMILES string of the molecule is CC1CCCN(c2cnc(C(=O)NC3CCS(=O)(=O)C3)cn2)C1. The van der Waals surface area contributed by atoms with E-state index in [2.05, 4.69) is 27.1 Å². The Labute approximate surface area is 136 Å². The fourth-order valence-corrected chi connectivity index (χ4v) is 4.84. The molecule has 2 fully saturated rings. The molecule has 0 aliphatic carbocycles. The van der Waals surface area contributed by atoms with Crippen LogP contribution in [0.25, 0.3) is 0 Å². The summed E-state index contributed by atoms with van der Waals surface area (Å²) >= 11 is 0. The molecule has 3 heterocycles. The van der Waals surface area contributed by atoms with Crippen molar-refractivity contribution < 1.29 is 13.2 Å². The maximum absolute atomic E-state index is 12.1. The van der Waals surface area contributed by atoms with Crippen LogP contribution in [0.15, 0.2) is 12.4 Å². The maximum atomic E-state index is 12.1. The first-order valence-corrected chi connectivity index (χ1v) is 9.83. The van der Waals surface area contributed by atoms with E-state index in [9.17, 15) is 13.2 Å². The van der Waals surface area contributed by atoms with E-state index in [4.69, 9.17) is 0 Å². The molecule has 3 rings (SSSR count). The molecule has 0 saturated carbocycles. The van der Waals surface area contributed by atoms with Crippen molar-refractivity contribution in [3.8, 4) is 0 Å². The highest BCUT2D eigenvalue weighted by molar-refractivity contribution is 7.91. The summed E-state index contributed by atoms with van der Waals surface area (Å²) in [5, 5.41) is 2.72. The number of sulfone groups is 1. The normalized spacial score (nSPS) is 26.9. The number of carbonyl (C=O) groups excluding carboxylic acids is 1. The number of amides is 1. The second-order valence-electron chi connectivity index (χ2n) is 6.53. The summed E-state index contributed by atoms with van der Waals surface area (Å²) in [4.78, 5) is 22.9. The highest BCUT2D eigenvalue weighted by Crippen LogP contribution is 2.20. The minimum absolute atomic E-state index is 0.00984. The van der Waals surface area contributed by atoms with E-state index in [1.807, 2.05) is 0 Å². The molecule has 23 heavy (non-hydrogen) atoms. The molecule has 2 unspecified atom stereocenters.